The molecule has 0 bridgehead atoms. The minimum Gasteiger partial charge on any atom is -0.508 e. The normalized spacial score (nSPS) is 17.5. The molecule has 3 aromatic rings. The number of pyridine rings is 1. The number of phenols is 1. The van der Waals surface area contributed by atoms with Crippen molar-refractivity contribution in [3.8, 4) is 5.75 Å². The lowest BCUT2D eigenvalue weighted by Crippen LogP contribution is -2.58. The van der Waals surface area contributed by atoms with E-state index < -0.39 is 34.7 Å². The summed E-state index contributed by atoms with van der Waals surface area (Å²) in [6, 6.07) is 13.9. The highest BCUT2D eigenvalue weighted by atomic mass is 32.2. The molecule has 1 saturated heterocycles. The molecule has 0 spiro atoms. The molecule has 0 radical (unpaired) electrons. The van der Waals surface area contributed by atoms with E-state index in [1.807, 2.05) is 57.2 Å². The number of aryl methyl sites for hydroxylation is 1. The van der Waals surface area contributed by atoms with Gasteiger partial charge in [0.15, 0.2) is 6.10 Å². The smallest absolute Gasteiger partial charge is 0.254 e. The van der Waals surface area contributed by atoms with Crippen LogP contribution in [0.5, 0.6) is 5.75 Å². The number of phenolic OH excluding ortho intramolecular Hbond substituents is 1. The zero-order chi connectivity index (χ0) is 29.7. The molecular weight excluding hydrogens is 540 g/mol. The molecule has 0 saturated carbocycles. The molecule has 2 aromatic carbocycles. The molecule has 1 fully saturated rings. The minimum absolute atomic E-state index is 0.0268. The van der Waals surface area contributed by atoms with Gasteiger partial charge in [-0.1, -0.05) is 36.4 Å². The standard InChI is InChI=1S/C31H36N4O5S/c1-19-16-32-14-13-22(19)17-33-29(39)27-31(3,4)41-18-35(27)30(40)26(37)24(15-21-9-6-5-7-10-21)34-28(38)23-11-8-12-25(36)20(23)2/h5-14,16,24,26-27,36-37H,15,17-18H2,1-4H3,(H,33,39)(H,34,38). The predicted octanol–water partition coefficient (Wildman–Crippen LogP) is 3.10. The Morgan fingerprint density at radius 2 is 1.83 bits per heavy atom. The van der Waals surface area contributed by atoms with Crippen LogP contribution < -0.4 is 10.6 Å². The molecule has 2 heterocycles. The molecule has 41 heavy (non-hydrogen) atoms. The molecule has 3 amide bonds. The first-order valence-electron chi connectivity index (χ1n) is 13.4. The number of aliphatic hydroxyl groups excluding tert-OH is 1. The van der Waals surface area contributed by atoms with Crippen LogP contribution >= 0.6 is 11.8 Å². The van der Waals surface area contributed by atoms with E-state index in [9.17, 15) is 24.6 Å². The van der Waals surface area contributed by atoms with Crippen molar-refractivity contribution in [2.75, 3.05) is 5.88 Å². The molecule has 3 unspecified atom stereocenters. The van der Waals surface area contributed by atoms with Gasteiger partial charge in [-0.05, 0) is 69.0 Å². The molecule has 1 aliphatic rings. The molecule has 3 atom stereocenters. The van der Waals surface area contributed by atoms with E-state index in [1.165, 1.54) is 22.7 Å². The van der Waals surface area contributed by atoms with Crippen LogP contribution in [-0.2, 0) is 22.6 Å². The Morgan fingerprint density at radius 1 is 1.10 bits per heavy atom. The summed E-state index contributed by atoms with van der Waals surface area (Å²) < 4.78 is -0.608. The first kappa shape index (κ1) is 30.1. The highest BCUT2D eigenvalue weighted by Crippen LogP contribution is 2.40. The van der Waals surface area contributed by atoms with Crippen molar-refractivity contribution in [2.24, 2.45) is 0 Å². The Balaban J connectivity index is 1.56. The van der Waals surface area contributed by atoms with Gasteiger partial charge in [-0.2, -0.15) is 0 Å². The van der Waals surface area contributed by atoms with Crippen molar-refractivity contribution in [3.63, 3.8) is 0 Å². The fraction of sp³-hybridized carbons (Fsp3) is 0.355. The van der Waals surface area contributed by atoms with Crippen LogP contribution in [0.3, 0.4) is 0 Å². The van der Waals surface area contributed by atoms with Crippen LogP contribution in [0.25, 0.3) is 0 Å². The summed E-state index contributed by atoms with van der Waals surface area (Å²) in [5.41, 5.74) is 3.31. The van der Waals surface area contributed by atoms with Crippen LogP contribution in [0.1, 0.15) is 46.5 Å². The number of nitrogens with zero attached hydrogens (tertiary/aromatic N) is 2. The number of amides is 3. The molecule has 1 aliphatic heterocycles. The zero-order valence-electron chi connectivity index (χ0n) is 23.6. The Kier molecular flexibility index (Phi) is 9.35. The summed E-state index contributed by atoms with van der Waals surface area (Å²) in [4.78, 5) is 46.0. The highest BCUT2D eigenvalue weighted by molar-refractivity contribution is 8.00. The average Bonchev–Trinajstić information content (AvgIpc) is 3.28. The summed E-state index contributed by atoms with van der Waals surface area (Å²) in [5, 5.41) is 27.3. The summed E-state index contributed by atoms with van der Waals surface area (Å²) in [7, 11) is 0. The second-order valence-corrected chi connectivity index (χ2v) is 12.4. The average molecular weight is 577 g/mol. The maximum absolute atomic E-state index is 13.8. The van der Waals surface area contributed by atoms with Crippen LogP contribution in [0.2, 0.25) is 0 Å². The number of aliphatic hydroxyl groups is 1. The number of benzene rings is 2. The Labute approximate surface area is 244 Å². The third kappa shape index (κ3) is 6.89. The summed E-state index contributed by atoms with van der Waals surface area (Å²) in [5.74, 6) is -1.30. The van der Waals surface area contributed by atoms with Gasteiger partial charge < -0.3 is 25.7 Å². The summed E-state index contributed by atoms with van der Waals surface area (Å²) in [6.45, 7) is 7.61. The monoisotopic (exact) mass is 576 g/mol. The second kappa shape index (κ2) is 12.7. The molecule has 4 rings (SSSR count). The lowest BCUT2D eigenvalue weighted by Gasteiger charge is -2.33. The van der Waals surface area contributed by atoms with Crippen molar-refractivity contribution in [3.05, 3.63) is 94.8 Å². The quantitative estimate of drug-likeness (QED) is 0.308. The lowest BCUT2D eigenvalue weighted by atomic mass is 9.96. The molecule has 216 valence electrons. The van der Waals surface area contributed by atoms with E-state index in [1.54, 1.807) is 31.5 Å². The fourth-order valence-corrected chi connectivity index (χ4v) is 6.10. The molecule has 9 nitrogen and oxygen atoms in total. The number of aromatic nitrogens is 1. The van der Waals surface area contributed by atoms with Gasteiger partial charge in [0.25, 0.3) is 11.8 Å². The van der Waals surface area contributed by atoms with E-state index in [4.69, 9.17) is 0 Å². The number of rotatable bonds is 9. The topological polar surface area (TPSA) is 132 Å². The van der Waals surface area contributed by atoms with Gasteiger partial charge in [-0.15, -0.1) is 11.8 Å². The largest absolute Gasteiger partial charge is 0.508 e. The number of carbonyl (C=O) groups is 3. The third-order valence-electron chi connectivity index (χ3n) is 7.47. The van der Waals surface area contributed by atoms with Gasteiger partial charge in [0.2, 0.25) is 5.91 Å². The predicted molar refractivity (Wildman–Crippen MR) is 158 cm³/mol. The zero-order valence-corrected chi connectivity index (χ0v) is 24.4. The lowest BCUT2D eigenvalue weighted by molar-refractivity contribution is -0.147. The maximum atomic E-state index is 13.8. The number of hydrogen-bond donors (Lipinski definition) is 4. The van der Waals surface area contributed by atoms with Gasteiger partial charge in [0, 0.05) is 34.8 Å². The molecule has 4 N–H and O–H groups in total. The van der Waals surface area contributed by atoms with E-state index in [0.717, 1.165) is 16.7 Å². The highest BCUT2D eigenvalue weighted by Gasteiger charge is 2.49. The SMILES string of the molecule is Cc1cnccc1CNC(=O)C1N(C(=O)C(O)C(Cc2ccccc2)NC(=O)c2cccc(O)c2C)CSC1(C)C. The van der Waals surface area contributed by atoms with Crippen LogP contribution in [0, 0.1) is 13.8 Å². The Morgan fingerprint density at radius 3 is 2.54 bits per heavy atom. The number of nitrogens with one attached hydrogen (secondary N) is 2. The fourth-order valence-electron chi connectivity index (χ4n) is 4.96. The summed E-state index contributed by atoms with van der Waals surface area (Å²) >= 11 is 1.45. The maximum Gasteiger partial charge on any atom is 0.254 e. The van der Waals surface area contributed by atoms with E-state index in [2.05, 4.69) is 15.6 Å². The van der Waals surface area contributed by atoms with Crippen molar-refractivity contribution in [1.82, 2.24) is 20.5 Å². The molecule has 0 aliphatic carbocycles. The number of carbonyl (C=O) groups excluding carboxylic acids is 3. The van der Waals surface area contributed by atoms with E-state index in [0.29, 0.717) is 5.56 Å². The molecule has 10 heteroatoms. The third-order valence-corrected chi connectivity index (χ3v) is 8.84. The Hall–Kier alpha value is -3.89. The molecular formula is C31H36N4O5S. The van der Waals surface area contributed by atoms with Crippen LogP contribution in [0.4, 0.5) is 0 Å². The van der Waals surface area contributed by atoms with Crippen LogP contribution in [0.15, 0.2) is 67.0 Å². The van der Waals surface area contributed by atoms with Gasteiger partial charge in [-0.3, -0.25) is 19.4 Å². The van der Waals surface area contributed by atoms with Gasteiger partial charge in [0.1, 0.15) is 11.8 Å². The van der Waals surface area contributed by atoms with Gasteiger partial charge in [-0.25, -0.2) is 0 Å². The first-order chi connectivity index (χ1) is 19.5. The van der Waals surface area contributed by atoms with Gasteiger partial charge >= 0.3 is 0 Å². The van der Waals surface area contributed by atoms with Crippen molar-refractivity contribution < 1.29 is 24.6 Å². The minimum atomic E-state index is -1.62. The number of aromatic hydroxyl groups is 1. The van der Waals surface area contributed by atoms with Gasteiger partial charge in [0.05, 0.1) is 11.9 Å². The number of hydrogen-bond acceptors (Lipinski definition) is 7. The van der Waals surface area contributed by atoms with Crippen molar-refractivity contribution in [2.45, 2.75) is 63.6 Å². The number of thioether (sulfide) groups is 1. The van der Waals surface area contributed by atoms with Crippen LogP contribution in [-0.4, -0.2) is 66.6 Å². The van der Waals surface area contributed by atoms with Crippen molar-refractivity contribution >= 4 is 29.5 Å². The van der Waals surface area contributed by atoms with E-state index in [-0.39, 0.29) is 36.1 Å². The first-order valence-corrected chi connectivity index (χ1v) is 14.4. The Bertz CT molecular complexity index is 1410. The van der Waals surface area contributed by atoms with E-state index >= 15 is 0 Å². The summed E-state index contributed by atoms with van der Waals surface area (Å²) in [6.07, 6.45) is 1.95. The van der Waals surface area contributed by atoms with Crippen molar-refractivity contribution in [1.29, 1.82) is 0 Å². The second-order valence-electron chi connectivity index (χ2n) is 10.8. The molecule has 1 aromatic heterocycles.